The van der Waals surface area contributed by atoms with Crippen LogP contribution in [-0.2, 0) is 16.0 Å². The van der Waals surface area contributed by atoms with Crippen molar-refractivity contribution in [2.24, 2.45) is 5.92 Å². The van der Waals surface area contributed by atoms with E-state index in [9.17, 15) is 4.79 Å². The van der Waals surface area contributed by atoms with Crippen LogP contribution < -0.4 is 5.32 Å². The van der Waals surface area contributed by atoms with Gasteiger partial charge in [0, 0.05) is 26.2 Å². The predicted octanol–water partition coefficient (Wildman–Crippen LogP) is 1.31. The minimum Gasteiger partial charge on any atom is -0.379 e. The van der Waals surface area contributed by atoms with Gasteiger partial charge in [-0.2, -0.15) is 0 Å². The maximum atomic E-state index is 11.9. The number of hydrogen-bond acceptors (Lipinski definition) is 3. The lowest BCUT2D eigenvalue weighted by Crippen LogP contribution is -2.41. The van der Waals surface area contributed by atoms with Crippen molar-refractivity contribution in [3.63, 3.8) is 0 Å². The molecule has 1 N–H and O–H groups in total. The monoisotopic (exact) mass is 276 g/mol. The van der Waals surface area contributed by atoms with Crippen molar-refractivity contribution >= 4 is 5.91 Å². The van der Waals surface area contributed by atoms with Crippen molar-refractivity contribution in [2.45, 2.75) is 13.3 Å². The first-order valence-electron chi connectivity index (χ1n) is 7.35. The number of benzene rings is 1. The number of carbonyl (C=O) groups excluding carboxylic acids is 1. The molecule has 110 valence electrons. The highest BCUT2D eigenvalue weighted by molar-refractivity contribution is 5.78. The molecule has 1 unspecified atom stereocenters. The molecule has 0 bridgehead atoms. The van der Waals surface area contributed by atoms with Gasteiger partial charge in [0.1, 0.15) is 0 Å². The molecule has 1 aromatic carbocycles. The number of ether oxygens (including phenoxy) is 1. The topological polar surface area (TPSA) is 41.6 Å². The summed E-state index contributed by atoms with van der Waals surface area (Å²) in [5.74, 6) is 0.567. The summed E-state index contributed by atoms with van der Waals surface area (Å²) in [7, 11) is 0. The molecule has 4 heteroatoms. The Kier molecular flexibility index (Phi) is 6.02. The Balaban J connectivity index is 1.64. The third-order valence-corrected chi connectivity index (χ3v) is 3.53. The lowest BCUT2D eigenvalue weighted by Gasteiger charge is -2.29. The number of morpholine rings is 1. The van der Waals surface area contributed by atoms with Crippen molar-refractivity contribution in [2.75, 3.05) is 39.4 Å². The predicted molar refractivity (Wildman–Crippen MR) is 79.6 cm³/mol. The summed E-state index contributed by atoms with van der Waals surface area (Å²) in [6, 6.07) is 9.85. The lowest BCUT2D eigenvalue weighted by molar-refractivity contribution is -0.120. The summed E-state index contributed by atoms with van der Waals surface area (Å²) < 4.78 is 5.33. The fourth-order valence-electron chi connectivity index (χ4n) is 2.42. The number of amides is 1. The minimum atomic E-state index is 0.102. The van der Waals surface area contributed by atoms with E-state index in [4.69, 9.17) is 4.74 Å². The van der Waals surface area contributed by atoms with Crippen molar-refractivity contribution in [3.05, 3.63) is 35.9 Å². The summed E-state index contributed by atoms with van der Waals surface area (Å²) in [6.45, 7) is 7.60. The molecule has 20 heavy (non-hydrogen) atoms. The van der Waals surface area contributed by atoms with Crippen LogP contribution in [0, 0.1) is 5.92 Å². The van der Waals surface area contributed by atoms with Crippen molar-refractivity contribution in [1.82, 2.24) is 10.2 Å². The molecular weight excluding hydrogens is 252 g/mol. The molecule has 1 aromatic rings. The molecule has 1 heterocycles. The van der Waals surface area contributed by atoms with Crippen molar-refractivity contribution < 1.29 is 9.53 Å². The quantitative estimate of drug-likeness (QED) is 0.852. The number of hydrogen-bond donors (Lipinski definition) is 1. The Morgan fingerprint density at radius 2 is 2.00 bits per heavy atom. The standard InChI is InChI=1S/C16H24N2O2/c1-14(13-18-7-9-20-10-8-18)12-17-16(19)11-15-5-3-2-4-6-15/h2-6,14H,7-13H2,1H3,(H,17,19). The van der Waals surface area contributed by atoms with Gasteiger partial charge in [0.25, 0.3) is 0 Å². The normalized spacial score (nSPS) is 17.6. The minimum absolute atomic E-state index is 0.102. The van der Waals surface area contributed by atoms with E-state index in [1.807, 2.05) is 30.3 Å². The van der Waals surface area contributed by atoms with E-state index >= 15 is 0 Å². The number of rotatable bonds is 6. The highest BCUT2D eigenvalue weighted by Crippen LogP contribution is 2.03. The smallest absolute Gasteiger partial charge is 0.224 e. The zero-order valence-electron chi connectivity index (χ0n) is 12.2. The largest absolute Gasteiger partial charge is 0.379 e. The van der Waals surface area contributed by atoms with Crippen LogP contribution in [0.1, 0.15) is 12.5 Å². The molecule has 0 saturated carbocycles. The van der Waals surface area contributed by atoms with Gasteiger partial charge in [-0.3, -0.25) is 9.69 Å². The van der Waals surface area contributed by atoms with Crippen LogP contribution in [0.25, 0.3) is 0 Å². The number of nitrogens with zero attached hydrogens (tertiary/aromatic N) is 1. The van der Waals surface area contributed by atoms with Gasteiger partial charge in [0.2, 0.25) is 5.91 Å². The van der Waals surface area contributed by atoms with Gasteiger partial charge in [0.15, 0.2) is 0 Å². The van der Waals surface area contributed by atoms with Crippen LogP contribution in [0.2, 0.25) is 0 Å². The maximum absolute atomic E-state index is 11.9. The van der Waals surface area contributed by atoms with Crippen molar-refractivity contribution in [1.29, 1.82) is 0 Å². The Hall–Kier alpha value is -1.39. The van der Waals surface area contributed by atoms with Gasteiger partial charge >= 0.3 is 0 Å². The SMILES string of the molecule is CC(CNC(=O)Cc1ccccc1)CN1CCOCC1. The van der Waals surface area contributed by atoms with Gasteiger partial charge in [-0.05, 0) is 11.5 Å². The zero-order chi connectivity index (χ0) is 14.2. The molecule has 4 nitrogen and oxygen atoms in total. The van der Waals surface area contributed by atoms with E-state index < -0.39 is 0 Å². The zero-order valence-corrected chi connectivity index (χ0v) is 12.2. The van der Waals surface area contributed by atoms with Crippen LogP contribution in [-0.4, -0.2) is 50.2 Å². The molecule has 0 spiro atoms. The first-order chi connectivity index (χ1) is 9.74. The molecule has 1 saturated heterocycles. The van der Waals surface area contributed by atoms with Gasteiger partial charge in [-0.25, -0.2) is 0 Å². The molecule has 2 rings (SSSR count). The van der Waals surface area contributed by atoms with E-state index in [-0.39, 0.29) is 5.91 Å². The van der Waals surface area contributed by atoms with Gasteiger partial charge < -0.3 is 10.1 Å². The summed E-state index contributed by atoms with van der Waals surface area (Å²) in [4.78, 5) is 14.3. The maximum Gasteiger partial charge on any atom is 0.224 e. The summed E-state index contributed by atoms with van der Waals surface area (Å²) in [5, 5.41) is 3.02. The van der Waals surface area contributed by atoms with E-state index in [0.29, 0.717) is 12.3 Å². The Morgan fingerprint density at radius 1 is 1.30 bits per heavy atom. The summed E-state index contributed by atoms with van der Waals surface area (Å²) >= 11 is 0. The van der Waals surface area contributed by atoms with Gasteiger partial charge in [-0.1, -0.05) is 37.3 Å². The van der Waals surface area contributed by atoms with E-state index in [2.05, 4.69) is 17.1 Å². The Labute approximate surface area is 121 Å². The third-order valence-electron chi connectivity index (χ3n) is 3.53. The Bertz CT molecular complexity index is 402. The fourth-order valence-corrected chi connectivity index (χ4v) is 2.42. The molecule has 1 aliphatic heterocycles. The summed E-state index contributed by atoms with van der Waals surface area (Å²) in [5.41, 5.74) is 1.06. The van der Waals surface area contributed by atoms with Gasteiger partial charge in [-0.15, -0.1) is 0 Å². The van der Waals surface area contributed by atoms with E-state index in [1.54, 1.807) is 0 Å². The van der Waals surface area contributed by atoms with Crippen LogP contribution in [0.4, 0.5) is 0 Å². The summed E-state index contributed by atoms with van der Waals surface area (Å²) in [6.07, 6.45) is 0.463. The van der Waals surface area contributed by atoms with Gasteiger partial charge in [0.05, 0.1) is 19.6 Å². The molecule has 0 aliphatic carbocycles. The third kappa shape index (κ3) is 5.31. The highest BCUT2D eigenvalue weighted by Gasteiger charge is 2.14. The molecule has 0 radical (unpaired) electrons. The van der Waals surface area contributed by atoms with Crippen LogP contribution in [0.5, 0.6) is 0 Å². The Morgan fingerprint density at radius 3 is 2.70 bits per heavy atom. The average Bonchev–Trinajstić information content (AvgIpc) is 2.47. The average molecular weight is 276 g/mol. The van der Waals surface area contributed by atoms with Crippen LogP contribution >= 0.6 is 0 Å². The molecule has 1 aliphatic rings. The second-order valence-electron chi connectivity index (χ2n) is 5.48. The van der Waals surface area contributed by atoms with Crippen LogP contribution in [0.15, 0.2) is 30.3 Å². The second kappa shape index (κ2) is 8.02. The first kappa shape index (κ1) is 15.0. The van der Waals surface area contributed by atoms with E-state index in [1.165, 1.54) is 0 Å². The van der Waals surface area contributed by atoms with Crippen molar-refractivity contribution in [3.8, 4) is 0 Å². The molecule has 1 amide bonds. The highest BCUT2D eigenvalue weighted by atomic mass is 16.5. The second-order valence-corrected chi connectivity index (χ2v) is 5.48. The van der Waals surface area contributed by atoms with E-state index in [0.717, 1.165) is 45.0 Å². The molecule has 1 atom stereocenters. The van der Waals surface area contributed by atoms with Crippen LogP contribution in [0.3, 0.4) is 0 Å². The molecule has 0 aromatic heterocycles. The molecule has 1 fully saturated rings. The number of nitrogens with one attached hydrogen (secondary N) is 1. The molecular formula is C16H24N2O2. The lowest BCUT2D eigenvalue weighted by atomic mass is 10.1. The fraction of sp³-hybridized carbons (Fsp3) is 0.562. The first-order valence-corrected chi connectivity index (χ1v) is 7.35. The number of carbonyl (C=O) groups is 1.